The second kappa shape index (κ2) is 7.92. The second-order valence-corrected chi connectivity index (χ2v) is 7.58. The van der Waals surface area contributed by atoms with Gasteiger partial charge in [-0.15, -0.1) is 17.5 Å². The molecule has 1 aromatic rings. The quantitative estimate of drug-likeness (QED) is 0.796. The van der Waals surface area contributed by atoms with Crippen LogP contribution in [0.3, 0.4) is 0 Å². The van der Waals surface area contributed by atoms with Crippen LogP contribution in [-0.4, -0.2) is 63.9 Å². The summed E-state index contributed by atoms with van der Waals surface area (Å²) in [5, 5.41) is 14.7. The first-order valence-electron chi connectivity index (χ1n) is 9.30. The Balaban J connectivity index is 0.00000196. The molecule has 9 heteroatoms. The predicted octanol–water partition coefficient (Wildman–Crippen LogP) is 0.611. The number of aromatic nitrogens is 3. The van der Waals surface area contributed by atoms with E-state index < -0.39 is 0 Å². The molecule has 144 valence electrons. The molecule has 3 heterocycles. The molecule has 0 aromatic carbocycles. The molecule has 0 spiro atoms. The van der Waals surface area contributed by atoms with Crippen LogP contribution in [-0.2, 0) is 4.79 Å². The van der Waals surface area contributed by atoms with Crippen LogP contribution in [0.4, 0.5) is 0 Å². The topological polar surface area (TPSA) is 92.2 Å². The third-order valence-corrected chi connectivity index (χ3v) is 5.68. The van der Waals surface area contributed by atoms with Gasteiger partial charge in [0.05, 0.1) is 18.3 Å². The van der Waals surface area contributed by atoms with E-state index in [9.17, 15) is 9.59 Å². The zero-order chi connectivity index (χ0) is 17.4. The first kappa shape index (κ1) is 19.1. The van der Waals surface area contributed by atoms with E-state index in [1.54, 1.807) is 13.1 Å². The number of carbonyl (C=O) groups is 2. The number of hydrogen-bond acceptors (Lipinski definition) is 5. The van der Waals surface area contributed by atoms with Gasteiger partial charge in [0.15, 0.2) is 5.69 Å². The number of rotatable bonds is 4. The fourth-order valence-electron chi connectivity index (χ4n) is 4.20. The first-order chi connectivity index (χ1) is 12.1. The maximum Gasteiger partial charge on any atom is 0.276 e. The van der Waals surface area contributed by atoms with E-state index in [1.807, 2.05) is 9.58 Å². The molecule has 0 unspecified atom stereocenters. The third-order valence-electron chi connectivity index (χ3n) is 5.68. The lowest BCUT2D eigenvalue weighted by molar-refractivity contribution is -0.119. The van der Waals surface area contributed by atoms with Gasteiger partial charge in [-0.3, -0.25) is 9.59 Å². The average molecular weight is 383 g/mol. The van der Waals surface area contributed by atoms with E-state index in [-0.39, 0.29) is 30.3 Å². The number of likely N-dealkylation sites (tertiary alicyclic amines) is 1. The van der Waals surface area contributed by atoms with Crippen molar-refractivity contribution in [2.24, 2.45) is 11.8 Å². The molecule has 2 N–H and O–H groups in total. The lowest BCUT2D eigenvalue weighted by Gasteiger charge is -2.22. The summed E-state index contributed by atoms with van der Waals surface area (Å²) in [5.41, 5.74) is 0.413. The zero-order valence-corrected chi connectivity index (χ0v) is 15.9. The molecule has 8 nitrogen and oxygen atoms in total. The Hall–Kier alpha value is -1.67. The van der Waals surface area contributed by atoms with Gasteiger partial charge in [0.1, 0.15) is 0 Å². The van der Waals surface area contributed by atoms with Gasteiger partial charge < -0.3 is 15.5 Å². The van der Waals surface area contributed by atoms with Crippen molar-refractivity contribution in [2.45, 2.75) is 44.7 Å². The molecule has 0 radical (unpaired) electrons. The summed E-state index contributed by atoms with van der Waals surface area (Å²) in [4.78, 5) is 26.1. The van der Waals surface area contributed by atoms with Gasteiger partial charge in [-0.05, 0) is 44.7 Å². The van der Waals surface area contributed by atoms with Gasteiger partial charge in [0, 0.05) is 25.9 Å². The highest BCUT2D eigenvalue weighted by Gasteiger charge is 2.44. The monoisotopic (exact) mass is 382 g/mol. The normalized spacial score (nSPS) is 26.4. The minimum Gasteiger partial charge on any atom is -0.351 e. The van der Waals surface area contributed by atoms with Crippen molar-refractivity contribution in [2.75, 3.05) is 26.2 Å². The Morgan fingerprint density at radius 2 is 1.92 bits per heavy atom. The number of halogens is 1. The molecule has 2 atom stereocenters. The summed E-state index contributed by atoms with van der Waals surface area (Å²) in [6, 6.07) is 0.383. The number of nitrogens with zero attached hydrogens (tertiary/aromatic N) is 4. The highest BCUT2D eigenvalue weighted by molar-refractivity contribution is 5.92. The van der Waals surface area contributed by atoms with Crippen molar-refractivity contribution in [1.82, 2.24) is 30.5 Å². The summed E-state index contributed by atoms with van der Waals surface area (Å²) in [7, 11) is 0. The number of hydrogen-bond donors (Lipinski definition) is 2. The second-order valence-electron chi connectivity index (χ2n) is 7.58. The van der Waals surface area contributed by atoms with Gasteiger partial charge in [-0.2, -0.15) is 0 Å². The van der Waals surface area contributed by atoms with Crippen molar-refractivity contribution in [3.8, 4) is 0 Å². The molecule has 1 aromatic heterocycles. The molecule has 1 saturated carbocycles. The van der Waals surface area contributed by atoms with Crippen LogP contribution in [0.15, 0.2) is 6.20 Å². The van der Waals surface area contributed by atoms with Crippen LogP contribution < -0.4 is 10.6 Å². The molecule has 3 aliphatic rings. The number of amides is 2. The first-order valence-corrected chi connectivity index (χ1v) is 9.30. The number of carbonyl (C=O) groups excluding carboxylic acids is 2. The Morgan fingerprint density at radius 1 is 1.19 bits per heavy atom. The highest BCUT2D eigenvalue weighted by Crippen LogP contribution is 2.41. The van der Waals surface area contributed by atoms with E-state index in [1.165, 1.54) is 12.8 Å². The summed E-state index contributed by atoms with van der Waals surface area (Å²) < 4.78 is 1.84. The van der Waals surface area contributed by atoms with Crippen LogP contribution in [0.1, 0.15) is 49.1 Å². The molecule has 4 rings (SSSR count). The van der Waals surface area contributed by atoms with Gasteiger partial charge in [0.2, 0.25) is 5.91 Å². The predicted molar refractivity (Wildman–Crippen MR) is 98.1 cm³/mol. The standard InChI is InChI=1S/C17H26N6O2.ClH/c1-11(24)19-15-9-22(8-14(15)12-2-3-12)17(25)16-10-23(21-20-16)13-4-6-18-7-5-13;/h10,12-15,18H,2-9H2,1H3,(H,19,24);1H/t14-,15+;/m1./s1. The Morgan fingerprint density at radius 3 is 2.58 bits per heavy atom. The van der Waals surface area contributed by atoms with Crippen LogP contribution in [0.25, 0.3) is 0 Å². The van der Waals surface area contributed by atoms with Crippen LogP contribution in [0, 0.1) is 11.8 Å². The number of nitrogens with one attached hydrogen (secondary N) is 2. The fraction of sp³-hybridized carbons (Fsp3) is 0.765. The lowest BCUT2D eigenvalue weighted by atomic mass is 9.98. The molecule has 26 heavy (non-hydrogen) atoms. The van der Waals surface area contributed by atoms with Crippen molar-refractivity contribution in [1.29, 1.82) is 0 Å². The third kappa shape index (κ3) is 4.01. The van der Waals surface area contributed by atoms with Crippen LogP contribution >= 0.6 is 12.4 Å². The van der Waals surface area contributed by atoms with Gasteiger partial charge in [-0.1, -0.05) is 5.21 Å². The summed E-state index contributed by atoms with van der Waals surface area (Å²) >= 11 is 0. The van der Waals surface area contributed by atoms with Gasteiger partial charge in [0.25, 0.3) is 5.91 Å². The molecular weight excluding hydrogens is 356 g/mol. The Kier molecular flexibility index (Phi) is 5.82. The summed E-state index contributed by atoms with van der Waals surface area (Å²) in [6.45, 7) is 4.76. The molecule has 0 bridgehead atoms. The average Bonchev–Trinajstić information content (AvgIpc) is 3.18. The highest BCUT2D eigenvalue weighted by atomic mass is 35.5. The van der Waals surface area contributed by atoms with Crippen LogP contribution in [0.2, 0.25) is 0 Å². The van der Waals surface area contributed by atoms with E-state index in [4.69, 9.17) is 0 Å². The minimum atomic E-state index is -0.0707. The van der Waals surface area contributed by atoms with E-state index in [0.29, 0.717) is 36.7 Å². The van der Waals surface area contributed by atoms with Crippen molar-refractivity contribution in [3.05, 3.63) is 11.9 Å². The largest absolute Gasteiger partial charge is 0.351 e. The molecule has 1 aliphatic carbocycles. The molecule has 2 amide bonds. The number of piperidine rings is 1. The minimum absolute atomic E-state index is 0. The van der Waals surface area contributed by atoms with Gasteiger partial charge >= 0.3 is 0 Å². The SMILES string of the molecule is CC(=O)N[C@H]1CN(C(=O)c2cn(C3CCNCC3)nn2)C[C@@H]1C1CC1.Cl. The smallest absolute Gasteiger partial charge is 0.276 e. The molecule has 2 saturated heterocycles. The molecule has 2 aliphatic heterocycles. The summed E-state index contributed by atoms with van der Waals surface area (Å²) in [5.74, 6) is 0.910. The maximum atomic E-state index is 12.8. The summed E-state index contributed by atoms with van der Waals surface area (Å²) in [6.07, 6.45) is 6.21. The molecular formula is C17H27ClN6O2. The van der Waals surface area contributed by atoms with Crippen molar-refractivity contribution >= 4 is 24.2 Å². The Bertz CT molecular complexity index is 655. The van der Waals surface area contributed by atoms with E-state index in [2.05, 4.69) is 20.9 Å². The van der Waals surface area contributed by atoms with Gasteiger partial charge in [-0.25, -0.2) is 4.68 Å². The van der Waals surface area contributed by atoms with Crippen molar-refractivity contribution < 1.29 is 9.59 Å². The fourth-order valence-corrected chi connectivity index (χ4v) is 4.20. The zero-order valence-electron chi connectivity index (χ0n) is 15.1. The lowest BCUT2D eigenvalue weighted by Crippen LogP contribution is -2.40. The van der Waals surface area contributed by atoms with Crippen LogP contribution in [0.5, 0.6) is 0 Å². The molecule has 3 fully saturated rings. The van der Waals surface area contributed by atoms with Crippen molar-refractivity contribution in [3.63, 3.8) is 0 Å². The van der Waals surface area contributed by atoms with E-state index in [0.717, 1.165) is 25.9 Å². The Labute approximate surface area is 159 Å². The van der Waals surface area contributed by atoms with E-state index >= 15 is 0 Å². The maximum absolute atomic E-state index is 12.8.